The van der Waals surface area contributed by atoms with Gasteiger partial charge in [0.2, 0.25) is 0 Å². The van der Waals surface area contributed by atoms with Gasteiger partial charge in [-0.15, -0.1) is 11.8 Å². The van der Waals surface area contributed by atoms with E-state index in [0.29, 0.717) is 0 Å². The molecule has 4 nitrogen and oxygen atoms in total. The first-order chi connectivity index (χ1) is 16.2. The van der Waals surface area contributed by atoms with Crippen LogP contribution in [0.5, 0.6) is 0 Å². The second kappa shape index (κ2) is 10.5. The lowest BCUT2D eigenvalue weighted by Gasteiger charge is -2.33. The molecule has 1 N–H and O–H groups in total. The van der Waals surface area contributed by atoms with E-state index < -0.39 is 5.97 Å². The van der Waals surface area contributed by atoms with E-state index in [9.17, 15) is 9.90 Å². The lowest BCUT2D eigenvalue weighted by atomic mass is 9.86. The Labute approximate surface area is 201 Å². The summed E-state index contributed by atoms with van der Waals surface area (Å²) < 4.78 is 0. The van der Waals surface area contributed by atoms with E-state index in [1.807, 2.05) is 11.8 Å². The van der Waals surface area contributed by atoms with Crippen molar-refractivity contribution in [3.63, 3.8) is 0 Å². The lowest BCUT2D eigenvalue weighted by molar-refractivity contribution is -0.143. The predicted octanol–water partition coefficient (Wildman–Crippen LogP) is 5.38. The van der Waals surface area contributed by atoms with Gasteiger partial charge in [-0.05, 0) is 80.1 Å². The molecule has 174 valence electrons. The maximum Gasteiger partial charge on any atom is 0.307 e. The molecular formula is C28H34N2O2S. The minimum Gasteiger partial charge on any atom is -0.481 e. The average Bonchev–Trinajstić information content (AvgIpc) is 3.02. The zero-order valence-corrected chi connectivity index (χ0v) is 20.2. The minimum absolute atomic E-state index is 0.175. The fourth-order valence-electron chi connectivity index (χ4n) is 5.65. The van der Waals surface area contributed by atoms with E-state index >= 15 is 0 Å². The fraction of sp³-hybridized carbons (Fsp3) is 0.464. The number of carboxylic acid groups (broad SMARTS) is 1. The van der Waals surface area contributed by atoms with Crippen molar-refractivity contribution in [2.75, 3.05) is 39.3 Å². The lowest BCUT2D eigenvalue weighted by Crippen LogP contribution is -2.40. The van der Waals surface area contributed by atoms with E-state index in [2.05, 4.69) is 58.3 Å². The third-order valence-electron chi connectivity index (χ3n) is 7.44. The van der Waals surface area contributed by atoms with Crippen LogP contribution in [-0.4, -0.2) is 60.1 Å². The predicted molar refractivity (Wildman–Crippen MR) is 136 cm³/mol. The van der Waals surface area contributed by atoms with Crippen LogP contribution < -0.4 is 0 Å². The zero-order valence-electron chi connectivity index (χ0n) is 19.3. The molecule has 0 aromatic heterocycles. The maximum absolute atomic E-state index is 11.3. The number of carbonyl (C=O) groups is 1. The Kier molecular flexibility index (Phi) is 7.19. The topological polar surface area (TPSA) is 43.8 Å². The first-order valence-corrected chi connectivity index (χ1v) is 13.4. The molecule has 2 aromatic rings. The highest BCUT2D eigenvalue weighted by atomic mass is 32.2. The molecule has 1 atom stereocenters. The molecule has 3 heterocycles. The number of thioether (sulfide) groups is 1. The van der Waals surface area contributed by atoms with Crippen molar-refractivity contribution in [1.29, 1.82) is 0 Å². The highest BCUT2D eigenvalue weighted by molar-refractivity contribution is 7.98. The standard InChI is InChI=1S/C28H34N2O2S/c31-28(32)22-8-5-14-30(19-22)16-6-15-29-17-12-21(13-18-29)27-24-9-2-1-7-23(24)20-33-26-11-4-3-10-25(26)27/h1-4,7,9-11,22H,5-6,8,12-20H2,(H,31,32). The van der Waals surface area contributed by atoms with Crippen LogP contribution in [0, 0.1) is 5.92 Å². The molecule has 3 aliphatic heterocycles. The highest BCUT2D eigenvalue weighted by Crippen LogP contribution is 2.43. The Morgan fingerprint density at radius 3 is 2.48 bits per heavy atom. The monoisotopic (exact) mass is 462 g/mol. The van der Waals surface area contributed by atoms with Gasteiger partial charge in [-0.25, -0.2) is 0 Å². The van der Waals surface area contributed by atoms with E-state index in [1.54, 1.807) is 5.57 Å². The summed E-state index contributed by atoms with van der Waals surface area (Å²) >= 11 is 1.96. The third-order valence-corrected chi connectivity index (χ3v) is 8.57. The first-order valence-electron chi connectivity index (χ1n) is 12.4. The number of carboxylic acids is 1. The number of nitrogens with zero attached hydrogens (tertiary/aromatic N) is 2. The van der Waals surface area contributed by atoms with Gasteiger partial charge in [0.05, 0.1) is 5.92 Å². The molecule has 33 heavy (non-hydrogen) atoms. The van der Waals surface area contributed by atoms with Gasteiger partial charge in [0.25, 0.3) is 0 Å². The number of aliphatic carboxylic acids is 1. The molecule has 1 unspecified atom stereocenters. The summed E-state index contributed by atoms with van der Waals surface area (Å²) in [5.74, 6) is 0.234. The van der Waals surface area contributed by atoms with Crippen LogP contribution in [0.25, 0.3) is 5.57 Å². The summed E-state index contributed by atoms with van der Waals surface area (Å²) in [5, 5.41) is 9.32. The highest BCUT2D eigenvalue weighted by Gasteiger charge is 2.26. The first kappa shape index (κ1) is 22.7. The number of hydrogen-bond acceptors (Lipinski definition) is 4. The van der Waals surface area contributed by atoms with Gasteiger partial charge >= 0.3 is 5.97 Å². The second-order valence-electron chi connectivity index (χ2n) is 9.59. The van der Waals surface area contributed by atoms with E-state index in [0.717, 1.165) is 77.1 Å². The van der Waals surface area contributed by atoms with Crippen LogP contribution in [0.1, 0.15) is 48.8 Å². The molecule has 0 saturated carbocycles. The number of piperidine rings is 2. The SMILES string of the molecule is O=C(O)C1CCCN(CCCN2CCC(=C3c4ccccc4CSc4ccccc43)CC2)C1. The number of rotatable bonds is 5. The molecule has 0 bridgehead atoms. The molecule has 5 rings (SSSR count). The van der Waals surface area contributed by atoms with Gasteiger partial charge in [0.15, 0.2) is 0 Å². The molecule has 0 spiro atoms. The summed E-state index contributed by atoms with van der Waals surface area (Å²) in [6.07, 6.45) is 5.24. The van der Waals surface area contributed by atoms with Crippen molar-refractivity contribution in [3.05, 3.63) is 70.8 Å². The largest absolute Gasteiger partial charge is 0.481 e. The summed E-state index contributed by atoms with van der Waals surface area (Å²) in [6, 6.07) is 17.9. The number of benzene rings is 2. The number of hydrogen-bond donors (Lipinski definition) is 1. The van der Waals surface area contributed by atoms with Crippen molar-refractivity contribution >= 4 is 23.3 Å². The van der Waals surface area contributed by atoms with E-state index in [1.165, 1.54) is 27.2 Å². The van der Waals surface area contributed by atoms with Crippen molar-refractivity contribution < 1.29 is 9.90 Å². The Balaban J connectivity index is 1.24. The summed E-state index contributed by atoms with van der Waals surface area (Å²) in [6.45, 7) is 6.15. The van der Waals surface area contributed by atoms with Gasteiger partial charge in [-0.1, -0.05) is 48.0 Å². The van der Waals surface area contributed by atoms with Gasteiger partial charge in [-0.3, -0.25) is 4.79 Å². The molecule has 2 saturated heterocycles. The quantitative estimate of drug-likeness (QED) is 0.647. The van der Waals surface area contributed by atoms with Gasteiger partial charge in [-0.2, -0.15) is 0 Å². The van der Waals surface area contributed by atoms with Gasteiger partial charge in [0, 0.05) is 30.3 Å². The Hall–Kier alpha value is -2.08. The second-order valence-corrected chi connectivity index (χ2v) is 10.6. The summed E-state index contributed by atoms with van der Waals surface area (Å²) in [4.78, 5) is 17.7. The Morgan fingerprint density at radius 1 is 0.939 bits per heavy atom. The third kappa shape index (κ3) is 5.21. The van der Waals surface area contributed by atoms with Crippen LogP contribution in [0.2, 0.25) is 0 Å². The van der Waals surface area contributed by atoms with Crippen LogP contribution in [0.15, 0.2) is 59.0 Å². The normalized spacial score (nSPS) is 21.9. The molecule has 2 fully saturated rings. The van der Waals surface area contributed by atoms with E-state index in [4.69, 9.17) is 0 Å². The van der Waals surface area contributed by atoms with Crippen molar-refractivity contribution in [2.45, 2.75) is 42.8 Å². The molecule has 0 amide bonds. The van der Waals surface area contributed by atoms with Crippen LogP contribution >= 0.6 is 11.8 Å². The molecular weight excluding hydrogens is 428 g/mol. The fourth-order valence-corrected chi connectivity index (χ4v) is 6.71. The molecule has 0 radical (unpaired) electrons. The number of likely N-dealkylation sites (tertiary alicyclic amines) is 2. The van der Waals surface area contributed by atoms with Crippen molar-refractivity contribution in [3.8, 4) is 0 Å². The zero-order chi connectivity index (χ0) is 22.6. The van der Waals surface area contributed by atoms with Gasteiger partial charge < -0.3 is 14.9 Å². The molecule has 0 aliphatic carbocycles. The Morgan fingerprint density at radius 2 is 1.67 bits per heavy atom. The number of fused-ring (bicyclic) bond motifs is 2. The summed E-state index contributed by atoms with van der Waals surface area (Å²) in [5.41, 5.74) is 7.38. The van der Waals surface area contributed by atoms with Crippen LogP contribution in [0.3, 0.4) is 0 Å². The molecule has 3 aliphatic rings. The smallest absolute Gasteiger partial charge is 0.307 e. The molecule has 2 aromatic carbocycles. The Bertz CT molecular complexity index is 975. The van der Waals surface area contributed by atoms with Crippen molar-refractivity contribution in [2.24, 2.45) is 5.92 Å². The summed E-state index contributed by atoms with van der Waals surface area (Å²) in [7, 11) is 0. The average molecular weight is 463 g/mol. The van der Waals surface area contributed by atoms with Crippen LogP contribution in [-0.2, 0) is 10.5 Å². The van der Waals surface area contributed by atoms with E-state index in [-0.39, 0.29) is 5.92 Å². The maximum atomic E-state index is 11.3. The minimum atomic E-state index is -0.628. The van der Waals surface area contributed by atoms with Gasteiger partial charge in [0.1, 0.15) is 0 Å². The molecule has 5 heteroatoms. The van der Waals surface area contributed by atoms with Crippen molar-refractivity contribution in [1.82, 2.24) is 9.80 Å². The van der Waals surface area contributed by atoms with Crippen LogP contribution in [0.4, 0.5) is 0 Å².